The highest BCUT2D eigenvalue weighted by Gasteiger charge is 2.42. The largest absolute Gasteiger partial charge is 0.394 e. The Kier molecular flexibility index (Phi) is 4.54. The minimum Gasteiger partial charge on any atom is -0.330 e. The van der Waals surface area contributed by atoms with Crippen LogP contribution < -0.4 is 5.73 Å². The van der Waals surface area contributed by atoms with Gasteiger partial charge in [-0.05, 0) is 38.1 Å². The van der Waals surface area contributed by atoms with Crippen LogP contribution in [0.25, 0.3) is 0 Å². The molecule has 0 aromatic heterocycles. The molecule has 1 heterocycles. The summed E-state index contributed by atoms with van der Waals surface area (Å²) >= 11 is 0. The summed E-state index contributed by atoms with van der Waals surface area (Å²) in [5, 5.41) is 0. The molecule has 2 aliphatic rings. The lowest BCUT2D eigenvalue weighted by molar-refractivity contribution is -0.177. The van der Waals surface area contributed by atoms with Crippen molar-refractivity contribution in [3.8, 4) is 0 Å². The van der Waals surface area contributed by atoms with Crippen LogP contribution in [0.3, 0.4) is 0 Å². The first-order valence-corrected chi connectivity index (χ1v) is 7.03. The summed E-state index contributed by atoms with van der Waals surface area (Å²) < 4.78 is 38.3. The Bertz CT molecular complexity index is 261. The molecule has 0 amide bonds. The Morgan fingerprint density at radius 1 is 1.11 bits per heavy atom. The van der Waals surface area contributed by atoms with Gasteiger partial charge in [0, 0.05) is 19.1 Å². The third kappa shape index (κ3) is 3.18. The van der Waals surface area contributed by atoms with Crippen molar-refractivity contribution in [1.82, 2.24) is 4.90 Å². The van der Waals surface area contributed by atoms with E-state index in [-0.39, 0.29) is 13.1 Å². The third-order valence-corrected chi connectivity index (χ3v) is 4.56. The lowest BCUT2D eigenvalue weighted by Crippen LogP contribution is -2.44. The van der Waals surface area contributed by atoms with Crippen LogP contribution >= 0.6 is 0 Å². The van der Waals surface area contributed by atoms with Crippen molar-refractivity contribution in [2.45, 2.75) is 50.7 Å². The molecule has 2 N–H and O–H groups in total. The van der Waals surface area contributed by atoms with Crippen LogP contribution in [-0.2, 0) is 0 Å². The van der Waals surface area contributed by atoms with Gasteiger partial charge >= 0.3 is 6.18 Å². The van der Waals surface area contributed by atoms with Crippen LogP contribution in [0.15, 0.2) is 0 Å². The number of hydrogen-bond donors (Lipinski definition) is 1. The molecule has 18 heavy (non-hydrogen) atoms. The predicted molar refractivity (Wildman–Crippen MR) is 65.2 cm³/mol. The molecule has 106 valence electrons. The molecule has 0 aromatic rings. The molecule has 2 rings (SSSR count). The monoisotopic (exact) mass is 264 g/mol. The van der Waals surface area contributed by atoms with E-state index in [1.165, 1.54) is 25.7 Å². The summed E-state index contributed by atoms with van der Waals surface area (Å²) in [6, 6.07) is 0.379. The van der Waals surface area contributed by atoms with Crippen molar-refractivity contribution < 1.29 is 13.2 Å². The van der Waals surface area contributed by atoms with E-state index in [1.807, 2.05) is 0 Å². The number of rotatable bonds is 4. The molecule has 1 saturated heterocycles. The van der Waals surface area contributed by atoms with E-state index in [0.717, 1.165) is 19.4 Å². The minimum atomic E-state index is -4.16. The van der Waals surface area contributed by atoms with Gasteiger partial charge in [-0.1, -0.05) is 12.8 Å². The fourth-order valence-corrected chi connectivity index (χ4v) is 3.55. The molecule has 5 heteroatoms. The highest BCUT2D eigenvalue weighted by atomic mass is 19.4. The first-order chi connectivity index (χ1) is 8.52. The Hall–Kier alpha value is -0.290. The normalized spacial score (nSPS) is 29.0. The Balaban J connectivity index is 1.94. The lowest BCUT2D eigenvalue weighted by atomic mass is 9.95. The van der Waals surface area contributed by atoms with E-state index in [1.54, 1.807) is 0 Å². The number of halogens is 3. The maximum Gasteiger partial charge on any atom is 0.394 e. The van der Waals surface area contributed by atoms with Crippen LogP contribution in [0.4, 0.5) is 13.2 Å². The van der Waals surface area contributed by atoms with Crippen molar-refractivity contribution >= 4 is 0 Å². The highest BCUT2D eigenvalue weighted by molar-refractivity contribution is 4.89. The van der Waals surface area contributed by atoms with E-state index >= 15 is 0 Å². The molecule has 0 bridgehead atoms. The molecule has 2 nitrogen and oxygen atoms in total. The van der Waals surface area contributed by atoms with Gasteiger partial charge in [0.15, 0.2) is 0 Å². The summed E-state index contributed by atoms with van der Waals surface area (Å²) in [4.78, 5) is 2.06. The number of hydrogen-bond acceptors (Lipinski definition) is 2. The van der Waals surface area contributed by atoms with Crippen LogP contribution in [-0.4, -0.2) is 36.8 Å². The summed E-state index contributed by atoms with van der Waals surface area (Å²) in [6.07, 6.45) is 2.83. The Labute approximate surface area is 107 Å². The fourth-order valence-electron chi connectivity index (χ4n) is 3.55. The van der Waals surface area contributed by atoms with Crippen LogP contribution in [0.2, 0.25) is 0 Å². The summed E-state index contributed by atoms with van der Waals surface area (Å²) in [6.45, 7) is 0.617. The fraction of sp³-hybridized carbons (Fsp3) is 1.00. The molecule has 0 radical (unpaired) electrons. The maximum absolute atomic E-state index is 12.8. The van der Waals surface area contributed by atoms with Gasteiger partial charge in [-0.25, -0.2) is 0 Å². The number of likely N-dealkylation sites (tertiary alicyclic amines) is 1. The van der Waals surface area contributed by atoms with E-state index in [4.69, 9.17) is 5.73 Å². The molecule has 2 atom stereocenters. The SMILES string of the molecule is NCC(CN1CCCC1C1CCCC1)C(F)(F)F. The summed E-state index contributed by atoms with van der Waals surface area (Å²) in [5.74, 6) is -0.737. The second-order valence-electron chi connectivity index (χ2n) is 5.72. The topological polar surface area (TPSA) is 29.3 Å². The second kappa shape index (κ2) is 5.78. The van der Waals surface area contributed by atoms with Gasteiger partial charge in [0.2, 0.25) is 0 Å². The molecule has 2 unspecified atom stereocenters. The van der Waals surface area contributed by atoms with Crippen molar-refractivity contribution in [1.29, 1.82) is 0 Å². The maximum atomic E-state index is 12.8. The Morgan fingerprint density at radius 3 is 2.33 bits per heavy atom. The highest BCUT2D eigenvalue weighted by Crippen LogP contribution is 2.37. The molecule has 1 saturated carbocycles. The van der Waals surface area contributed by atoms with E-state index in [0.29, 0.717) is 12.0 Å². The zero-order valence-electron chi connectivity index (χ0n) is 10.8. The number of nitrogens with two attached hydrogens (primary N) is 1. The van der Waals surface area contributed by atoms with Crippen LogP contribution in [0.5, 0.6) is 0 Å². The van der Waals surface area contributed by atoms with Gasteiger partial charge in [0.1, 0.15) is 0 Å². The molecular formula is C13H23F3N2. The number of alkyl halides is 3. The number of nitrogens with zero attached hydrogens (tertiary/aromatic N) is 1. The van der Waals surface area contributed by atoms with Gasteiger partial charge in [0.05, 0.1) is 5.92 Å². The standard InChI is InChI=1S/C13H23F3N2/c14-13(15,16)11(8-17)9-18-7-3-6-12(18)10-4-1-2-5-10/h10-12H,1-9,17H2. The molecule has 1 aliphatic heterocycles. The van der Waals surface area contributed by atoms with Gasteiger partial charge in [0.25, 0.3) is 0 Å². The van der Waals surface area contributed by atoms with Crippen molar-refractivity contribution in [3.63, 3.8) is 0 Å². The van der Waals surface area contributed by atoms with Crippen molar-refractivity contribution in [2.75, 3.05) is 19.6 Å². The van der Waals surface area contributed by atoms with Crippen LogP contribution in [0.1, 0.15) is 38.5 Å². The summed E-state index contributed by atoms with van der Waals surface area (Å²) in [5.41, 5.74) is 5.29. The lowest BCUT2D eigenvalue weighted by Gasteiger charge is -2.32. The average molecular weight is 264 g/mol. The predicted octanol–water partition coefficient (Wildman–Crippen LogP) is 2.78. The smallest absolute Gasteiger partial charge is 0.330 e. The van der Waals surface area contributed by atoms with Crippen molar-refractivity contribution in [2.24, 2.45) is 17.6 Å². The molecule has 0 aromatic carbocycles. The molecular weight excluding hydrogens is 241 g/mol. The second-order valence-corrected chi connectivity index (χ2v) is 5.72. The Morgan fingerprint density at radius 2 is 1.78 bits per heavy atom. The quantitative estimate of drug-likeness (QED) is 0.846. The first-order valence-electron chi connectivity index (χ1n) is 7.03. The summed E-state index contributed by atoms with van der Waals surface area (Å²) in [7, 11) is 0. The van der Waals surface area contributed by atoms with E-state index in [9.17, 15) is 13.2 Å². The zero-order valence-corrected chi connectivity index (χ0v) is 10.8. The van der Waals surface area contributed by atoms with Gasteiger partial charge < -0.3 is 5.73 Å². The average Bonchev–Trinajstić information content (AvgIpc) is 2.94. The van der Waals surface area contributed by atoms with Gasteiger partial charge in [-0.15, -0.1) is 0 Å². The third-order valence-electron chi connectivity index (χ3n) is 4.56. The molecule has 1 aliphatic carbocycles. The van der Waals surface area contributed by atoms with E-state index in [2.05, 4.69) is 4.90 Å². The molecule has 0 spiro atoms. The van der Waals surface area contributed by atoms with E-state index < -0.39 is 12.1 Å². The van der Waals surface area contributed by atoms with Gasteiger partial charge in [-0.3, -0.25) is 4.90 Å². The van der Waals surface area contributed by atoms with Gasteiger partial charge in [-0.2, -0.15) is 13.2 Å². The van der Waals surface area contributed by atoms with Crippen molar-refractivity contribution in [3.05, 3.63) is 0 Å². The van der Waals surface area contributed by atoms with Crippen LogP contribution in [0, 0.1) is 11.8 Å². The minimum absolute atomic E-state index is 0.0984. The first kappa shape index (κ1) is 14.1. The zero-order chi connectivity index (χ0) is 13.2. The molecule has 2 fully saturated rings.